The molecule has 148 valence electrons. The maximum atomic E-state index is 12.5. The van der Waals surface area contributed by atoms with Gasteiger partial charge in [-0.25, -0.2) is 4.98 Å². The number of para-hydroxylation sites is 1. The Kier molecular flexibility index (Phi) is 5.70. The van der Waals surface area contributed by atoms with E-state index in [4.69, 9.17) is 4.74 Å². The molecule has 0 radical (unpaired) electrons. The van der Waals surface area contributed by atoms with Gasteiger partial charge in [-0.1, -0.05) is 42.5 Å². The normalized spacial score (nSPS) is 12.4. The quantitative estimate of drug-likeness (QED) is 0.674. The number of aromatic nitrogens is 2. The second kappa shape index (κ2) is 8.73. The summed E-state index contributed by atoms with van der Waals surface area (Å²) in [7, 11) is 0. The van der Waals surface area contributed by atoms with Crippen LogP contribution in [0.4, 0.5) is 0 Å². The predicted molar refractivity (Wildman–Crippen MR) is 110 cm³/mol. The summed E-state index contributed by atoms with van der Waals surface area (Å²) in [5, 5.41) is 2.90. The molecular formula is C23H23N3O3. The minimum Gasteiger partial charge on any atom is -0.489 e. The Bertz CT molecular complexity index is 1060. The van der Waals surface area contributed by atoms with E-state index in [1.807, 2.05) is 54.6 Å². The van der Waals surface area contributed by atoms with Crippen molar-refractivity contribution in [1.29, 1.82) is 0 Å². The minimum atomic E-state index is -0.217. The highest BCUT2D eigenvalue weighted by Gasteiger charge is 2.18. The van der Waals surface area contributed by atoms with Crippen molar-refractivity contribution in [3.05, 3.63) is 93.7 Å². The lowest BCUT2D eigenvalue weighted by Crippen LogP contribution is -2.33. The number of hydrogen-bond acceptors (Lipinski definition) is 4. The number of hydrogen-bond donors (Lipinski definition) is 1. The standard InChI is InChI=1S/C23H23N3O3/c27-22(14-26-16-25-21-12-6-11-20(21)23(26)28)24-13-17-7-4-5-8-18(17)15-29-19-9-2-1-3-10-19/h1-5,7-10,16H,6,11-15H2,(H,24,27). The molecule has 0 saturated heterocycles. The van der Waals surface area contributed by atoms with Gasteiger partial charge in [0.05, 0.1) is 12.0 Å². The smallest absolute Gasteiger partial charge is 0.257 e. The van der Waals surface area contributed by atoms with Crippen LogP contribution in [-0.2, 0) is 37.3 Å². The summed E-state index contributed by atoms with van der Waals surface area (Å²) in [6.07, 6.45) is 4.03. The first-order valence-electron chi connectivity index (χ1n) is 9.79. The fourth-order valence-electron chi connectivity index (χ4n) is 3.53. The lowest BCUT2D eigenvalue weighted by molar-refractivity contribution is -0.121. The van der Waals surface area contributed by atoms with Crippen molar-refractivity contribution in [2.24, 2.45) is 0 Å². The number of carbonyl (C=O) groups is 1. The molecule has 0 unspecified atom stereocenters. The second-order valence-corrected chi connectivity index (χ2v) is 7.10. The van der Waals surface area contributed by atoms with Gasteiger partial charge in [-0.15, -0.1) is 0 Å². The van der Waals surface area contributed by atoms with E-state index in [9.17, 15) is 9.59 Å². The van der Waals surface area contributed by atoms with Crippen LogP contribution in [-0.4, -0.2) is 15.5 Å². The molecule has 0 aliphatic heterocycles. The average molecular weight is 389 g/mol. The van der Waals surface area contributed by atoms with Crippen molar-refractivity contribution in [2.45, 2.75) is 39.0 Å². The van der Waals surface area contributed by atoms with Crippen LogP contribution in [0.15, 0.2) is 65.7 Å². The molecule has 0 saturated carbocycles. The third-order valence-electron chi connectivity index (χ3n) is 5.11. The molecule has 1 aromatic heterocycles. The number of fused-ring (bicyclic) bond motifs is 1. The van der Waals surface area contributed by atoms with Gasteiger partial charge in [0.15, 0.2) is 0 Å². The molecule has 1 N–H and O–H groups in total. The van der Waals surface area contributed by atoms with E-state index in [2.05, 4.69) is 10.3 Å². The molecule has 29 heavy (non-hydrogen) atoms. The second-order valence-electron chi connectivity index (χ2n) is 7.10. The van der Waals surface area contributed by atoms with E-state index in [-0.39, 0.29) is 18.0 Å². The van der Waals surface area contributed by atoms with E-state index in [0.29, 0.717) is 13.2 Å². The van der Waals surface area contributed by atoms with E-state index < -0.39 is 0 Å². The van der Waals surface area contributed by atoms with E-state index in [1.165, 1.54) is 10.9 Å². The van der Waals surface area contributed by atoms with E-state index in [1.54, 1.807) is 0 Å². The van der Waals surface area contributed by atoms with Crippen LogP contribution < -0.4 is 15.6 Å². The monoisotopic (exact) mass is 389 g/mol. The number of nitrogens with one attached hydrogen (secondary N) is 1. The number of nitrogens with zero attached hydrogens (tertiary/aromatic N) is 2. The number of aryl methyl sites for hydroxylation is 1. The Hall–Kier alpha value is -3.41. The summed E-state index contributed by atoms with van der Waals surface area (Å²) < 4.78 is 7.22. The van der Waals surface area contributed by atoms with Gasteiger partial charge in [0, 0.05) is 12.1 Å². The Morgan fingerprint density at radius 1 is 1.03 bits per heavy atom. The van der Waals surface area contributed by atoms with E-state index in [0.717, 1.165) is 47.4 Å². The molecule has 0 spiro atoms. The molecule has 1 aliphatic rings. The third kappa shape index (κ3) is 4.54. The summed E-state index contributed by atoms with van der Waals surface area (Å²) in [5.74, 6) is 0.584. The molecule has 1 aliphatic carbocycles. The highest BCUT2D eigenvalue weighted by Crippen LogP contribution is 2.16. The van der Waals surface area contributed by atoms with Gasteiger partial charge < -0.3 is 10.1 Å². The SMILES string of the molecule is O=C(Cn1cnc2c(c1=O)CCC2)NCc1ccccc1COc1ccccc1. The van der Waals surface area contributed by atoms with Gasteiger partial charge in [-0.05, 0) is 42.5 Å². The van der Waals surface area contributed by atoms with Crippen molar-refractivity contribution < 1.29 is 9.53 Å². The number of ether oxygens (including phenoxy) is 1. The zero-order valence-corrected chi connectivity index (χ0v) is 16.1. The molecule has 0 fully saturated rings. The highest BCUT2D eigenvalue weighted by atomic mass is 16.5. The van der Waals surface area contributed by atoms with Crippen molar-refractivity contribution in [2.75, 3.05) is 0 Å². The van der Waals surface area contributed by atoms with Gasteiger partial charge in [0.2, 0.25) is 5.91 Å². The summed E-state index contributed by atoms with van der Waals surface area (Å²) >= 11 is 0. The zero-order chi connectivity index (χ0) is 20.1. The third-order valence-corrected chi connectivity index (χ3v) is 5.11. The fourth-order valence-corrected chi connectivity index (χ4v) is 3.53. The molecule has 1 heterocycles. The van der Waals surface area contributed by atoms with Crippen LogP contribution >= 0.6 is 0 Å². The maximum Gasteiger partial charge on any atom is 0.257 e. The molecule has 4 rings (SSSR count). The van der Waals surface area contributed by atoms with Crippen LogP contribution in [0.25, 0.3) is 0 Å². The van der Waals surface area contributed by atoms with Gasteiger partial charge in [-0.3, -0.25) is 14.2 Å². The van der Waals surface area contributed by atoms with Crippen LogP contribution in [0.1, 0.15) is 28.8 Å². The Balaban J connectivity index is 1.37. The van der Waals surface area contributed by atoms with Gasteiger partial charge in [-0.2, -0.15) is 0 Å². The maximum absolute atomic E-state index is 12.5. The molecule has 6 nitrogen and oxygen atoms in total. The highest BCUT2D eigenvalue weighted by molar-refractivity contribution is 5.75. The number of amides is 1. The summed E-state index contributed by atoms with van der Waals surface area (Å²) in [6, 6.07) is 17.5. The molecular weight excluding hydrogens is 366 g/mol. The molecule has 2 aromatic carbocycles. The zero-order valence-electron chi connectivity index (χ0n) is 16.1. The van der Waals surface area contributed by atoms with Crippen LogP contribution in [0.2, 0.25) is 0 Å². The predicted octanol–water partition coefficient (Wildman–Crippen LogP) is 2.63. The molecule has 6 heteroatoms. The van der Waals surface area contributed by atoms with Crippen molar-refractivity contribution >= 4 is 5.91 Å². The Morgan fingerprint density at radius 2 is 1.79 bits per heavy atom. The number of benzene rings is 2. The average Bonchev–Trinajstić information content (AvgIpc) is 3.24. The van der Waals surface area contributed by atoms with Gasteiger partial charge >= 0.3 is 0 Å². The van der Waals surface area contributed by atoms with Crippen LogP contribution in [0.5, 0.6) is 5.75 Å². The first-order valence-corrected chi connectivity index (χ1v) is 9.79. The largest absolute Gasteiger partial charge is 0.489 e. The summed E-state index contributed by atoms with van der Waals surface area (Å²) in [6.45, 7) is 0.770. The summed E-state index contributed by atoms with van der Waals surface area (Å²) in [5.41, 5.74) is 3.52. The first kappa shape index (κ1) is 18.9. The van der Waals surface area contributed by atoms with E-state index >= 15 is 0 Å². The van der Waals surface area contributed by atoms with Crippen LogP contribution in [0.3, 0.4) is 0 Å². The Labute approximate surface area is 169 Å². The van der Waals surface area contributed by atoms with Gasteiger partial charge in [0.1, 0.15) is 18.9 Å². The van der Waals surface area contributed by atoms with Crippen LogP contribution in [0, 0.1) is 0 Å². The van der Waals surface area contributed by atoms with Crippen molar-refractivity contribution in [3.8, 4) is 5.75 Å². The lowest BCUT2D eigenvalue weighted by atomic mass is 10.1. The first-order chi connectivity index (χ1) is 14.2. The molecule has 0 bridgehead atoms. The fraction of sp³-hybridized carbons (Fsp3) is 0.261. The van der Waals surface area contributed by atoms with Crippen molar-refractivity contribution in [3.63, 3.8) is 0 Å². The number of rotatable bonds is 7. The number of carbonyl (C=O) groups excluding carboxylic acids is 1. The topological polar surface area (TPSA) is 73.2 Å². The lowest BCUT2D eigenvalue weighted by Gasteiger charge is -2.13. The Morgan fingerprint density at radius 3 is 2.62 bits per heavy atom. The summed E-state index contributed by atoms with van der Waals surface area (Å²) in [4.78, 5) is 29.2. The molecule has 3 aromatic rings. The van der Waals surface area contributed by atoms with Gasteiger partial charge in [0.25, 0.3) is 5.56 Å². The minimum absolute atomic E-state index is 0.0260. The van der Waals surface area contributed by atoms with Crippen molar-refractivity contribution in [1.82, 2.24) is 14.9 Å². The molecule has 0 atom stereocenters. The molecule has 1 amide bonds.